The molecule has 0 saturated carbocycles. The number of unbranched alkanes of at least 4 members (excludes halogenated alkanes) is 3. The predicted octanol–water partition coefficient (Wildman–Crippen LogP) is 7.95. The van der Waals surface area contributed by atoms with Crippen LogP contribution >= 0.6 is 21.6 Å². The molecule has 1 spiro atoms. The monoisotopic (exact) mass is 1080 g/mol. The summed E-state index contributed by atoms with van der Waals surface area (Å²) >= 11 is 5.78. The van der Waals surface area contributed by atoms with Crippen molar-refractivity contribution in [2.75, 3.05) is 152 Å². The third-order valence-corrected chi connectivity index (χ3v) is 17.8. The number of anilines is 3. The summed E-state index contributed by atoms with van der Waals surface area (Å²) in [6.45, 7) is 9.06. The number of fused-ring (bicyclic) bond motifs is 7. The van der Waals surface area contributed by atoms with E-state index in [1.54, 1.807) is 31.4 Å². The first-order chi connectivity index (χ1) is 37.1. The number of ether oxygens (including phenoxy) is 6. The number of halogens is 1. The van der Waals surface area contributed by atoms with Gasteiger partial charge in [0.1, 0.15) is 16.7 Å². The lowest BCUT2D eigenvalue weighted by Gasteiger charge is -2.52. The highest BCUT2D eigenvalue weighted by atomic mass is 35.5. The molecule has 2 N–H and O–H groups in total. The summed E-state index contributed by atoms with van der Waals surface area (Å²) in [6.07, 6.45) is 11.1. The minimum atomic E-state index is -1.72. The number of hydrogen-bond acceptors (Lipinski definition) is 13. The van der Waals surface area contributed by atoms with Gasteiger partial charge in [-0.3, -0.25) is 19.3 Å². The van der Waals surface area contributed by atoms with Crippen LogP contribution in [0, 0.1) is 0 Å². The van der Waals surface area contributed by atoms with E-state index in [0.717, 1.165) is 97.0 Å². The molecule has 9 rings (SSSR count). The van der Waals surface area contributed by atoms with Gasteiger partial charge in [-0.2, -0.15) is 10.0 Å². The first kappa shape index (κ1) is 55.3. The number of carbonyl (C=O) groups is 3. The summed E-state index contributed by atoms with van der Waals surface area (Å²) in [5.74, 6) is -0.460. The maximum absolute atomic E-state index is 15.6. The molecular weight excluding hydrogens is 1010 g/mol. The number of alkyl halides is 1. The molecule has 4 aliphatic heterocycles. The lowest BCUT2D eigenvalue weighted by Crippen LogP contribution is -2.49. The molecule has 76 heavy (non-hydrogen) atoms. The fraction of sp³-hybridized carbons (Fsp3) is 0.483. The zero-order valence-electron chi connectivity index (χ0n) is 44.1. The van der Waals surface area contributed by atoms with E-state index in [-0.39, 0.29) is 42.7 Å². The topological polar surface area (TPSA) is 171 Å². The third-order valence-electron chi connectivity index (χ3n) is 14.7. The Morgan fingerprint density at radius 1 is 0.605 bits per heavy atom. The van der Waals surface area contributed by atoms with E-state index in [0.29, 0.717) is 99.7 Å². The first-order valence-corrected chi connectivity index (χ1v) is 29.7. The van der Waals surface area contributed by atoms with Crippen molar-refractivity contribution >= 4 is 67.4 Å². The number of benzene rings is 4. The van der Waals surface area contributed by atoms with E-state index in [2.05, 4.69) is 69.3 Å². The van der Waals surface area contributed by atoms with Crippen LogP contribution in [0.5, 0.6) is 0 Å². The molecule has 4 aliphatic rings. The van der Waals surface area contributed by atoms with Crippen LogP contribution in [0.1, 0.15) is 86.3 Å². The number of amides is 3. The van der Waals surface area contributed by atoms with Crippen LogP contribution in [0.4, 0.5) is 17.1 Å². The third kappa shape index (κ3) is 11.8. The van der Waals surface area contributed by atoms with E-state index >= 15 is 4.79 Å². The number of hydrogen-bond donors (Lipinski definition) is 2. The van der Waals surface area contributed by atoms with Crippen molar-refractivity contribution in [3.63, 3.8) is 0 Å². The second kappa shape index (κ2) is 25.8. The molecule has 408 valence electrons. The fourth-order valence-corrected chi connectivity index (χ4v) is 13.2. The van der Waals surface area contributed by atoms with Crippen molar-refractivity contribution in [3.05, 3.63) is 123 Å². The van der Waals surface area contributed by atoms with Gasteiger partial charge in [-0.25, -0.2) is 4.79 Å². The summed E-state index contributed by atoms with van der Waals surface area (Å²) in [4.78, 5) is 65.7. The Hall–Kier alpha value is -5.50. The van der Waals surface area contributed by atoms with Crippen LogP contribution in [0.3, 0.4) is 0 Å². The molecule has 2 fully saturated rings. The van der Waals surface area contributed by atoms with Gasteiger partial charge in [-0.1, -0.05) is 25.0 Å². The van der Waals surface area contributed by atoms with Crippen LogP contribution in [-0.4, -0.2) is 155 Å². The maximum atomic E-state index is 15.6. The maximum Gasteiger partial charge on any atom is 0.349 e. The lowest BCUT2D eigenvalue weighted by atomic mass is 9.75. The molecule has 5 aromatic rings. The van der Waals surface area contributed by atoms with E-state index in [9.17, 15) is 14.4 Å². The average Bonchev–Trinajstić information content (AvgIpc) is 3.65. The van der Waals surface area contributed by atoms with Crippen LogP contribution < -0.4 is 31.0 Å². The Morgan fingerprint density at radius 2 is 1.16 bits per heavy atom. The molecule has 0 bridgehead atoms. The van der Waals surface area contributed by atoms with Crippen molar-refractivity contribution in [1.29, 1.82) is 0 Å². The molecule has 1 aromatic heterocycles. The Morgan fingerprint density at radius 3 is 1.74 bits per heavy atom. The smallest absolute Gasteiger partial charge is 0.349 e. The summed E-state index contributed by atoms with van der Waals surface area (Å²) in [5, 5.41) is 6.30. The average molecular weight is 1080 g/mol. The molecule has 4 aromatic carbocycles. The number of methoxy groups -OCH3 is 1. The minimum Gasteiger partial charge on any atom is -0.422 e. The predicted molar refractivity (Wildman–Crippen MR) is 298 cm³/mol. The van der Waals surface area contributed by atoms with E-state index in [1.165, 1.54) is 6.07 Å². The van der Waals surface area contributed by atoms with Gasteiger partial charge in [0.15, 0.2) is 0 Å². The quantitative estimate of drug-likeness (QED) is 0.0269. The van der Waals surface area contributed by atoms with Gasteiger partial charge in [-0.05, 0) is 110 Å². The Balaban J connectivity index is 1.01. The van der Waals surface area contributed by atoms with Gasteiger partial charge in [0.05, 0.1) is 66.1 Å². The number of nitrogens with one attached hydrogen (secondary N) is 2. The van der Waals surface area contributed by atoms with Gasteiger partial charge in [0.2, 0.25) is 0 Å². The zero-order valence-corrected chi connectivity index (χ0v) is 45.7. The Kier molecular flexibility index (Phi) is 18.7. The van der Waals surface area contributed by atoms with Crippen LogP contribution in [0.25, 0.3) is 11.0 Å². The molecule has 0 aliphatic carbocycles. The number of nitrogens with zero attached hydrogens (tertiary/aromatic N) is 3. The molecule has 18 heteroatoms. The highest BCUT2D eigenvalue weighted by Gasteiger charge is 2.58. The largest absolute Gasteiger partial charge is 0.422 e. The Bertz CT molecular complexity index is 2840. The Labute approximate surface area is 451 Å². The highest BCUT2D eigenvalue weighted by Crippen LogP contribution is 2.70. The summed E-state index contributed by atoms with van der Waals surface area (Å²) in [6, 6.07) is 25.5. The number of carbonyl (C=O) groups excluding carboxylic acids is 3. The molecular formula is C58H72ClN5O11S. The highest BCUT2D eigenvalue weighted by molar-refractivity contribution is 8.32. The lowest BCUT2D eigenvalue weighted by molar-refractivity contribution is 0.00414. The van der Waals surface area contributed by atoms with Gasteiger partial charge in [-0.15, -0.1) is 11.6 Å². The molecule has 5 heterocycles. The summed E-state index contributed by atoms with van der Waals surface area (Å²) in [7, 11) is -0.0968. The molecule has 0 radical (unpaired) electrons. The molecule has 0 atom stereocenters. The zero-order chi connectivity index (χ0) is 53.1. The van der Waals surface area contributed by atoms with Crippen molar-refractivity contribution in [2.24, 2.45) is 0 Å². The second-order valence-electron chi connectivity index (χ2n) is 19.8. The van der Waals surface area contributed by atoms with Gasteiger partial charge in [0.25, 0.3) is 17.7 Å². The van der Waals surface area contributed by atoms with Crippen molar-refractivity contribution in [3.8, 4) is 0 Å². The van der Waals surface area contributed by atoms with Gasteiger partial charge >= 0.3 is 5.63 Å². The molecule has 16 nitrogen and oxygen atoms in total. The minimum absolute atomic E-state index is 0.152. The van der Waals surface area contributed by atoms with Crippen LogP contribution in [0.2, 0.25) is 0 Å². The van der Waals surface area contributed by atoms with Crippen molar-refractivity contribution < 1.29 is 47.2 Å². The number of rotatable bonds is 29. The van der Waals surface area contributed by atoms with Crippen LogP contribution in [-0.2, 0) is 34.0 Å². The molecule has 2 saturated heterocycles. The van der Waals surface area contributed by atoms with E-state index in [4.69, 9.17) is 44.4 Å². The van der Waals surface area contributed by atoms with Crippen molar-refractivity contribution in [2.45, 2.75) is 53.9 Å². The van der Waals surface area contributed by atoms with Gasteiger partial charge in [0, 0.05) is 114 Å². The SMILES string of the molecule is COCCOCCOCCOCCNC(=O)c1cc2ccc(N3C(=O)c4ccc(C(=O)NCCOCCOCCCCCCCl)cc4C34c3ccc(N5CCC5)cc3S(C)(C)c3cc(N5CCC5)ccc34)cc2oc1=O. The second-order valence-corrected chi connectivity index (χ2v) is 23.7. The van der Waals surface area contributed by atoms with Gasteiger partial charge < -0.3 is 53.3 Å². The van der Waals surface area contributed by atoms with Crippen molar-refractivity contribution in [1.82, 2.24) is 10.6 Å². The van der Waals surface area contributed by atoms with Crippen LogP contribution in [0.15, 0.2) is 97.9 Å². The molecule has 3 amide bonds. The summed E-state index contributed by atoms with van der Waals surface area (Å²) < 4.78 is 38.9. The standard InChI is InChI=1S/C58H72ClN5O11S/c1-69-28-29-73-34-35-74-33-32-72-27-20-61-55(66)47-36-41-10-12-45(38-51(41)75-57(47)68)64-56(67)46-15-11-42(54(65)60-19-26-71-31-30-70-25-7-5-4-6-18-59)37-50(46)58(64)48-16-13-43(62-21-8-22-62)39-52(48)76(2,3)53-40-44(14-17-49(53)58)63-23-9-24-63/h10-17,36-40H,4-9,18-35H2,1-3H3,(H,60,65)(H,61,66). The molecule has 0 unspecified atom stereocenters. The van der Waals surface area contributed by atoms with E-state index < -0.39 is 27.1 Å². The van der Waals surface area contributed by atoms with E-state index in [1.807, 2.05) is 17.0 Å². The summed E-state index contributed by atoms with van der Waals surface area (Å²) in [5.41, 5.74) is 4.19. The fourth-order valence-electron chi connectivity index (χ4n) is 10.4. The normalized spacial score (nSPS) is 16.3. The first-order valence-electron chi connectivity index (χ1n) is 26.7.